The van der Waals surface area contributed by atoms with E-state index in [1.807, 2.05) is 66.5 Å². The maximum absolute atomic E-state index is 16.2. The minimum Gasteiger partial charge on any atom is -0.543 e. The summed E-state index contributed by atoms with van der Waals surface area (Å²) in [6, 6.07) is 42.6. The Morgan fingerprint density at radius 3 is 0.839 bits per heavy atom. The van der Waals surface area contributed by atoms with Gasteiger partial charge in [-0.3, -0.25) is 28.8 Å². The van der Waals surface area contributed by atoms with Crippen LogP contribution >= 0.6 is 90.7 Å². The molecular weight excluding hydrogens is 1950 g/mol. The third kappa shape index (κ3) is 28.7. The Morgan fingerprint density at radius 1 is 0.287 bits per heavy atom. The molecule has 4 amide bonds. The Bertz CT molecular complexity index is 5670. The number of hydrogen-bond donors (Lipinski definition) is 0. The molecule has 0 fully saturated rings. The van der Waals surface area contributed by atoms with Crippen molar-refractivity contribution in [2.75, 3.05) is 44.3 Å². The molecule has 1 aromatic carbocycles. The monoisotopic (exact) mass is 2120 g/mol. The van der Waals surface area contributed by atoms with Crippen LogP contribution in [0.2, 0.25) is 18.1 Å². The molecule has 5 unspecified atom stereocenters. The van der Waals surface area contributed by atoms with Crippen LogP contribution in [-0.2, 0) is 30.1 Å². The van der Waals surface area contributed by atoms with Gasteiger partial charge in [-0.1, -0.05) is 290 Å². The van der Waals surface area contributed by atoms with E-state index in [2.05, 4.69) is 182 Å². The molecule has 4 aliphatic heterocycles. The summed E-state index contributed by atoms with van der Waals surface area (Å²) in [6.07, 6.45) is 46.8. The zero-order valence-electron chi connectivity index (χ0n) is 89.0. The topological polar surface area (TPSA) is 134 Å². The summed E-state index contributed by atoms with van der Waals surface area (Å²) >= 11 is 13.2. The molecule has 0 N–H and O–H groups in total. The zero-order chi connectivity index (χ0) is 101. The van der Waals surface area contributed by atoms with Gasteiger partial charge in [-0.05, 0) is 226 Å². The Kier molecular flexibility index (Phi) is 45.8. The second kappa shape index (κ2) is 57.8. The highest BCUT2D eigenvalue weighted by Crippen LogP contribution is 2.57. The number of thiophene rings is 8. The quantitative estimate of drug-likeness (QED) is 0.0159. The number of benzene rings is 1. The maximum Gasteiger partial charge on any atom is 0.261 e. The highest BCUT2D eigenvalue weighted by Gasteiger charge is 2.53. The Hall–Kier alpha value is -6.83. The molecule has 5 atom stereocenters. The molecule has 12 heterocycles. The van der Waals surface area contributed by atoms with Crippen LogP contribution in [0.5, 0.6) is 11.5 Å². The van der Waals surface area contributed by atoms with Crippen molar-refractivity contribution in [1.82, 2.24) is 19.6 Å². The molecule has 776 valence electrons. The molecular formula is C121H167N4O8S9Si+. The van der Waals surface area contributed by atoms with Crippen LogP contribution in [0.3, 0.4) is 0 Å². The second-order valence-corrected chi connectivity index (χ2v) is 56.3. The van der Waals surface area contributed by atoms with Gasteiger partial charge in [0.25, 0.3) is 31.9 Å². The van der Waals surface area contributed by atoms with Crippen LogP contribution in [0.1, 0.15) is 393 Å². The molecule has 143 heavy (non-hydrogen) atoms. The average Bonchev–Trinajstić information content (AvgIpc) is 1.55. The average molecular weight is 2120 g/mol. The number of carbonyl (C=O) groups is 6. The number of aldehydes is 2. The van der Waals surface area contributed by atoms with Crippen molar-refractivity contribution in [3.8, 4) is 71.4 Å². The van der Waals surface area contributed by atoms with Gasteiger partial charge in [-0.25, -0.2) is 0 Å². The van der Waals surface area contributed by atoms with Crippen molar-refractivity contribution in [3.05, 3.63) is 161 Å². The fourth-order valence-corrected chi connectivity index (χ4v) is 37.0. The lowest BCUT2D eigenvalue weighted by Crippen LogP contribution is -2.41. The lowest BCUT2D eigenvalue weighted by atomic mass is 9.98. The normalized spacial score (nSPS) is 15.2. The predicted molar refractivity (Wildman–Crippen MR) is 626 cm³/mol. The van der Waals surface area contributed by atoms with Crippen molar-refractivity contribution in [3.63, 3.8) is 0 Å². The van der Waals surface area contributed by atoms with E-state index in [9.17, 15) is 9.59 Å². The van der Waals surface area contributed by atoms with Gasteiger partial charge in [0.2, 0.25) is 0 Å². The van der Waals surface area contributed by atoms with Gasteiger partial charge in [0.15, 0.2) is 17.8 Å². The third-order valence-corrected chi connectivity index (χ3v) is 47.1. The number of carbonyl (C=O) groups excluding carboxylic acids is 6. The molecule has 8 aromatic heterocycles. The fraction of sp³-hybridized carbons (Fsp3) is 0.570. The van der Waals surface area contributed by atoms with E-state index < -0.39 is 8.32 Å². The number of fused-ring (bicyclic) bond motifs is 2. The first-order chi connectivity index (χ1) is 69.9. The first-order valence-corrected chi connectivity index (χ1v) is 66.7. The highest BCUT2D eigenvalue weighted by molar-refractivity contribution is 7.97. The molecule has 4 aliphatic rings. The van der Waals surface area contributed by atoms with Crippen molar-refractivity contribution >= 4 is 169 Å². The number of unbranched alkanes of at least 4 members (excludes halogenated alkanes) is 21. The van der Waals surface area contributed by atoms with Crippen molar-refractivity contribution in [1.29, 1.82) is 0 Å². The van der Waals surface area contributed by atoms with Crippen LogP contribution < -0.4 is 9.16 Å². The van der Waals surface area contributed by atoms with E-state index >= 15 is 19.2 Å². The Balaban J connectivity index is 0.993. The Labute approximate surface area is 895 Å². The van der Waals surface area contributed by atoms with Gasteiger partial charge >= 0.3 is 0 Å². The van der Waals surface area contributed by atoms with E-state index in [0.29, 0.717) is 70.1 Å². The van der Waals surface area contributed by atoms with Gasteiger partial charge in [-0.2, -0.15) is 0 Å². The summed E-state index contributed by atoms with van der Waals surface area (Å²) in [5.74, 6) is 4.93. The van der Waals surface area contributed by atoms with Gasteiger partial charge in [0.1, 0.15) is 29.6 Å². The predicted octanol–water partition coefficient (Wildman–Crippen LogP) is 37.5. The second-order valence-electron chi connectivity index (χ2n) is 40.9. The lowest BCUT2D eigenvalue weighted by molar-refractivity contribution is -0.124. The molecule has 22 heteroatoms. The molecule has 0 saturated heterocycles. The lowest BCUT2D eigenvalue weighted by Gasteiger charge is -2.34. The zero-order valence-corrected chi connectivity index (χ0v) is 97.4. The summed E-state index contributed by atoms with van der Waals surface area (Å²) in [5.41, 5.74) is 7.17. The summed E-state index contributed by atoms with van der Waals surface area (Å²) in [4.78, 5) is 113. The standard InChI is InChI=1S/C121H167N4O8S9Si/c1-15-29-39-45-71-142(72-46-40-30-16-2)91(54-44-34-20-6)84-132-94-76-93(97-60-62-103(137-97)105-66-70-109(141-105)117-113-111(119(129)125(117)81-88(28-14)53-38-24-10)115(123(121(113)131)79-86(26-12)51-36-22-8)107-68-64-101(139-107)99-58-56-90(83-127)135-99)95(133-143(73-47-41-31-17-3,74-48-42-32-18-4)75-49-43-33-19-5)77-92(94)96-59-61-102(136-96)104-65-69-108(140-104)116-112-110(118(128)124(116)80-87(27-13)52-37-23-9)114(122(120(112)130)78-85(25-11)50-35-21-7)106-67-63-100(138-106)98-57-55-89(82-126)134-98/h55-70,76-77,82-83,85-88,91H,15-54,71-75,78-81,84H2,1-14H3/q+1. The summed E-state index contributed by atoms with van der Waals surface area (Å²) < 4.78 is 16.5. The number of hydrogen-bond acceptors (Lipinski definition) is 16. The van der Waals surface area contributed by atoms with Crippen molar-refractivity contribution in [2.45, 2.75) is 377 Å². The first kappa shape index (κ1) is 113. The molecule has 0 aliphatic carbocycles. The van der Waals surface area contributed by atoms with E-state index in [-0.39, 0.29) is 58.2 Å². The van der Waals surface area contributed by atoms with E-state index in [4.69, 9.17) is 9.16 Å². The number of amides is 4. The third-order valence-electron chi connectivity index (χ3n) is 30.3. The molecule has 9 aromatic rings. The number of rotatable bonds is 71. The fourth-order valence-electron chi connectivity index (χ4n) is 21.5. The van der Waals surface area contributed by atoms with Gasteiger partial charge in [0, 0.05) is 86.1 Å². The van der Waals surface area contributed by atoms with Gasteiger partial charge in [-0.15, -0.1) is 90.7 Å². The van der Waals surface area contributed by atoms with E-state index in [1.54, 1.807) is 45.3 Å². The smallest absolute Gasteiger partial charge is 0.261 e. The molecule has 0 saturated carbocycles. The van der Waals surface area contributed by atoms with E-state index in [0.717, 1.165) is 273 Å². The van der Waals surface area contributed by atoms with Crippen LogP contribution in [-0.4, -0.2) is 114 Å². The summed E-state index contributed by atoms with van der Waals surface area (Å²) in [7, 11) is -2.47. The Morgan fingerprint density at radius 2 is 0.545 bits per heavy atom. The van der Waals surface area contributed by atoms with Crippen LogP contribution in [0.25, 0.3) is 82.7 Å². The minimum atomic E-state index is -2.63. The molecule has 0 spiro atoms. The first-order valence-electron chi connectivity index (χ1n) is 56.0. The van der Waals surface area contributed by atoms with E-state index in [1.165, 1.54) is 163 Å². The van der Waals surface area contributed by atoms with Crippen molar-refractivity contribution in [2.24, 2.45) is 23.7 Å². The molecule has 12 nitrogen and oxygen atoms in total. The number of ether oxygens (including phenoxy) is 1. The minimum absolute atomic E-state index is 0.0896. The van der Waals surface area contributed by atoms with Crippen molar-refractivity contribution < 1.29 is 37.9 Å². The molecule has 0 radical (unpaired) electrons. The molecule has 13 rings (SSSR count). The number of nitrogens with zero attached hydrogens (tertiary/aromatic N) is 4. The summed E-state index contributed by atoms with van der Waals surface area (Å²) in [5, 5.41) is 0.393. The van der Waals surface area contributed by atoms with Crippen LogP contribution in [0.4, 0.5) is 0 Å². The van der Waals surface area contributed by atoms with Crippen LogP contribution in [0.15, 0.2) is 131 Å². The highest BCUT2D eigenvalue weighted by atomic mass is 32.2. The maximum atomic E-state index is 16.2. The van der Waals surface area contributed by atoms with Crippen LogP contribution in [0, 0.1) is 23.7 Å². The summed E-state index contributed by atoms with van der Waals surface area (Å²) in [6.45, 7) is 34.7. The van der Waals surface area contributed by atoms with Gasteiger partial charge in [0.05, 0.1) is 74.3 Å². The molecule has 0 bridgehead atoms. The SMILES string of the molecule is CCCCCC[S+](CCCCCC)C(CCCCC)COc1cc(-c2ccc(-c3ccc(C4=C5C(=O)N(CC(CC)CCCC)C(c6ccc(-c7ccc(C=O)s7)s6)=C5C(=O)N4CC(CC)CCCC)s3)s2)c(O[Si](CCCCCC)(CCCCCC)CCCCCC)cc1-c1ccc(-c2ccc(C3=C4C(=O)N(CC(CC)CCCC)C(c5ccc(-c6ccc(C=O)s6)s5)=C4C(=O)N3CC(CC)CCCC)s2)s1. The largest absolute Gasteiger partial charge is 0.543 e. The van der Waals surface area contributed by atoms with Gasteiger partial charge < -0.3 is 28.8 Å².